The van der Waals surface area contributed by atoms with E-state index in [-0.39, 0.29) is 0 Å². The van der Waals surface area contributed by atoms with Crippen molar-refractivity contribution in [3.63, 3.8) is 0 Å². The molecular weight excluding hydrogens is 126 g/mol. The maximum absolute atomic E-state index is 5.53. The molecule has 1 fully saturated rings. The van der Waals surface area contributed by atoms with Crippen molar-refractivity contribution in [3.8, 4) is 0 Å². The van der Waals surface area contributed by atoms with Crippen LogP contribution in [0.2, 0.25) is 0 Å². The van der Waals surface area contributed by atoms with Crippen molar-refractivity contribution in [2.45, 2.75) is 25.4 Å². The highest BCUT2D eigenvalue weighted by Crippen LogP contribution is 2.06. The van der Waals surface area contributed by atoms with Crippen molar-refractivity contribution in [1.82, 2.24) is 5.32 Å². The van der Waals surface area contributed by atoms with Gasteiger partial charge < -0.3 is 10.1 Å². The molecule has 0 aromatic heterocycles. The lowest BCUT2D eigenvalue weighted by atomic mass is 10.1. The van der Waals surface area contributed by atoms with Crippen LogP contribution in [-0.4, -0.2) is 25.8 Å². The van der Waals surface area contributed by atoms with E-state index in [1.165, 1.54) is 12.8 Å². The molecule has 1 radical (unpaired) electrons. The van der Waals surface area contributed by atoms with E-state index in [9.17, 15) is 0 Å². The molecule has 1 aliphatic heterocycles. The van der Waals surface area contributed by atoms with E-state index in [2.05, 4.69) is 12.2 Å². The van der Waals surface area contributed by atoms with Crippen LogP contribution in [0.4, 0.5) is 0 Å². The Labute approximate surface area is 63.0 Å². The van der Waals surface area contributed by atoms with Crippen LogP contribution in [0.1, 0.15) is 19.3 Å². The number of nitrogens with one attached hydrogen (secondary N) is 1. The second-order valence-corrected chi connectivity index (χ2v) is 2.67. The van der Waals surface area contributed by atoms with Crippen LogP contribution in [0.5, 0.6) is 0 Å². The zero-order chi connectivity index (χ0) is 7.23. The van der Waals surface area contributed by atoms with E-state index in [0.29, 0.717) is 6.10 Å². The zero-order valence-corrected chi connectivity index (χ0v) is 6.44. The highest BCUT2D eigenvalue weighted by Gasteiger charge is 2.11. The third kappa shape index (κ3) is 2.67. The fraction of sp³-hybridized carbons (Fsp3) is 0.875. The average Bonchev–Trinajstić information content (AvgIpc) is 2.03. The van der Waals surface area contributed by atoms with Gasteiger partial charge in [-0.2, -0.15) is 0 Å². The Morgan fingerprint density at radius 2 is 2.10 bits per heavy atom. The molecule has 1 N–H and O–H groups in total. The number of piperidine rings is 1. The molecule has 1 aliphatic rings. The molecule has 59 valence electrons. The molecule has 0 aliphatic carbocycles. The van der Waals surface area contributed by atoms with Crippen LogP contribution >= 0.6 is 0 Å². The predicted octanol–water partition coefficient (Wildman–Crippen LogP) is 0.979. The molecule has 2 nitrogen and oxygen atoms in total. The molecule has 0 spiro atoms. The molecule has 10 heavy (non-hydrogen) atoms. The molecule has 1 heterocycles. The second-order valence-electron chi connectivity index (χ2n) is 2.67. The molecule has 0 bridgehead atoms. The molecule has 0 saturated carbocycles. The molecule has 0 atom stereocenters. The minimum atomic E-state index is 0.503. The average molecular weight is 142 g/mol. The summed E-state index contributed by atoms with van der Waals surface area (Å²) in [5.74, 6) is 0. The van der Waals surface area contributed by atoms with Gasteiger partial charge in [0.25, 0.3) is 0 Å². The van der Waals surface area contributed by atoms with E-state index >= 15 is 0 Å². The van der Waals surface area contributed by atoms with Gasteiger partial charge in [0.2, 0.25) is 0 Å². The molecule has 0 amide bonds. The number of hydrogen-bond donors (Lipinski definition) is 1. The Morgan fingerprint density at radius 1 is 1.40 bits per heavy atom. The van der Waals surface area contributed by atoms with Gasteiger partial charge in [-0.05, 0) is 32.4 Å². The van der Waals surface area contributed by atoms with Crippen LogP contribution in [0.25, 0.3) is 0 Å². The van der Waals surface area contributed by atoms with Gasteiger partial charge in [-0.15, -0.1) is 0 Å². The quantitative estimate of drug-likeness (QED) is 0.634. The topological polar surface area (TPSA) is 21.3 Å². The first-order valence-electron chi connectivity index (χ1n) is 4.05. The van der Waals surface area contributed by atoms with Gasteiger partial charge in [0.05, 0.1) is 6.10 Å². The number of ether oxygens (including phenoxy) is 1. The lowest BCUT2D eigenvalue weighted by Gasteiger charge is -2.22. The fourth-order valence-corrected chi connectivity index (χ4v) is 1.21. The van der Waals surface area contributed by atoms with E-state index < -0.39 is 0 Å². The molecule has 0 aromatic carbocycles. The van der Waals surface area contributed by atoms with Crippen molar-refractivity contribution in [2.24, 2.45) is 0 Å². The standard InChI is InChI=1S/C8H16NO/c1-2-7-10-8-3-5-9-6-4-8/h8-9H,1-7H2. The smallest absolute Gasteiger partial charge is 0.0599 e. The van der Waals surface area contributed by atoms with Gasteiger partial charge >= 0.3 is 0 Å². The van der Waals surface area contributed by atoms with Crippen molar-refractivity contribution < 1.29 is 4.74 Å². The van der Waals surface area contributed by atoms with Crippen LogP contribution in [0.15, 0.2) is 0 Å². The van der Waals surface area contributed by atoms with E-state index in [4.69, 9.17) is 4.74 Å². The lowest BCUT2D eigenvalue weighted by Crippen LogP contribution is -2.32. The first-order valence-corrected chi connectivity index (χ1v) is 4.05. The van der Waals surface area contributed by atoms with Gasteiger partial charge in [-0.1, -0.05) is 6.92 Å². The fourth-order valence-electron chi connectivity index (χ4n) is 1.21. The van der Waals surface area contributed by atoms with Gasteiger partial charge in [0, 0.05) is 6.61 Å². The molecule has 0 unspecified atom stereocenters. The van der Waals surface area contributed by atoms with Crippen molar-refractivity contribution in [2.75, 3.05) is 19.7 Å². The lowest BCUT2D eigenvalue weighted by molar-refractivity contribution is 0.0356. The largest absolute Gasteiger partial charge is 0.378 e. The van der Waals surface area contributed by atoms with Gasteiger partial charge in [0.1, 0.15) is 0 Å². The highest BCUT2D eigenvalue weighted by atomic mass is 16.5. The summed E-state index contributed by atoms with van der Waals surface area (Å²) in [5, 5.41) is 3.30. The maximum Gasteiger partial charge on any atom is 0.0599 e. The molecule has 2 heteroatoms. The molecule has 1 saturated heterocycles. The van der Waals surface area contributed by atoms with Crippen LogP contribution in [0, 0.1) is 6.92 Å². The summed E-state index contributed by atoms with van der Waals surface area (Å²) in [6.45, 7) is 6.78. The number of rotatable bonds is 3. The Morgan fingerprint density at radius 3 is 2.70 bits per heavy atom. The molecular formula is C8H16NO. The minimum Gasteiger partial charge on any atom is -0.378 e. The Kier molecular flexibility index (Phi) is 3.76. The third-order valence-corrected chi connectivity index (χ3v) is 1.78. The normalized spacial score (nSPS) is 21.3. The SMILES string of the molecule is [CH2]CCOC1CCNCC1. The van der Waals surface area contributed by atoms with Crippen molar-refractivity contribution in [1.29, 1.82) is 0 Å². The first kappa shape index (κ1) is 8.02. The Hall–Kier alpha value is -0.0800. The van der Waals surface area contributed by atoms with Gasteiger partial charge in [0.15, 0.2) is 0 Å². The summed E-state index contributed by atoms with van der Waals surface area (Å²) < 4.78 is 5.53. The Bertz CT molecular complexity index is 79.3. The summed E-state index contributed by atoms with van der Waals surface area (Å²) in [6, 6.07) is 0. The van der Waals surface area contributed by atoms with Gasteiger partial charge in [-0.25, -0.2) is 0 Å². The van der Waals surface area contributed by atoms with E-state index in [0.717, 1.165) is 26.1 Å². The van der Waals surface area contributed by atoms with Crippen LogP contribution < -0.4 is 5.32 Å². The number of hydrogen-bond acceptors (Lipinski definition) is 2. The zero-order valence-electron chi connectivity index (χ0n) is 6.44. The molecule has 1 rings (SSSR count). The second kappa shape index (κ2) is 4.69. The van der Waals surface area contributed by atoms with Crippen LogP contribution in [0.3, 0.4) is 0 Å². The van der Waals surface area contributed by atoms with Crippen molar-refractivity contribution in [3.05, 3.63) is 6.92 Å². The van der Waals surface area contributed by atoms with E-state index in [1.807, 2.05) is 0 Å². The Balaban J connectivity index is 2.02. The summed E-state index contributed by atoms with van der Waals surface area (Å²) >= 11 is 0. The minimum absolute atomic E-state index is 0.503. The summed E-state index contributed by atoms with van der Waals surface area (Å²) in [5.41, 5.74) is 0. The predicted molar refractivity (Wildman–Crippen MR) is 41.8 cm³/mol. The summed E-state index contributed by atoms with van der Waals surface area (Å²) in [6.07, 6.45) is 3.73. The molecule has 0 aromatic rings. The third-order valence-electron chi connectivity index (χ3n) is 1.78. The highest BCUT2D eigenvalue weighted by molar-refractivity contribution is 4.67. The van der Waals surface area contributed by atoms with E-state index in [1.54, 1.807) is 0 Å². The van der Waals surface area contributed by atoms with Crippen molar-refractivity contribution >= 4 is 0 Å². The summed E-state index contributed by atoms with van der Waals surface area (Å²) in [4.78, 5) is 0. The first-order chi connectivity index (χ1) is 4.93. The van der Waals surface area contributed by atoms with Gasteiger partial charge in [-0.3, -0.25) is 0 Å². The summed E-state index contributed by atoms with van der Waals surface area (Å²) in [7, 11) is 0. The van der Waals surface area contributed by atoms with Crippen LogP contribution in [-0.2, 0) is 4.74 Å². The maximum atomic E-state index is 5.53. The monoisotopic (exact) mass is 142 g/mol.